The predicted octanol–water partition coefficient (Wildman–Crippen LogP) is 1.51. The molecule has 1 aromatic carbocycles. The first-order valence-corrected chi connectivity index (χ1v) is 6.21. The van der Waals surface area contributed by atoms with Gasteiger partial charge >= 0.3 is 0 Å². The van der Waals surface area contributed by atoms with E-state index in [2.05, 4.69) is 5.10 Å². The van der Waals surface area contributed by atoms with E-state index in [9.17, 15) is 0 Å². The Kier molecular flexibility index (Phi) is 4.41. The van der Waals surface area contributed by atoms with Gasteiger partial charge in [-0.25, -0.2) is 0 Å². The number of methoxy groups -OCH3 is 1. The third-order valence-electron chi connectivity index (χ3n) is 2.90. The summed E-state index contributed by atoms with van der Waals surface area (Å²) < 4.78 is 12.9. The van der Waals surface area contributed by atoms with Crippen molar-refractivity contribution in [2.75, 3.05) is 13.7 Å². The average molecular weight is 261 g/mol. The summed E-state index contributed by atoms with van der Waals surface area (Å²) in [5, 5.41) is 4.13. The standard InChI is InChI=1S/C14H19N3O2/c1-17-10-11(9-16-17)6-7-19-14-12(8-15)4-3-5-13(14)18-2/h3-5,9-10H,6-8,15H2,1-2H3. The molecule has 1 aromatic heterocycles. The molecule has 102 valence electrons. The van der Waals surface area contributed by atoms with Crippen molar-refractivity contribution in [2.45, 2.75) is 13.0 Å². The van der Waals surface area contributed by atoms with Crippen molar-refractivity contribution in [3.05, 3.63) is 41.7 Å². The van der Waals surface area contributed by atoms with Crippen LogP contribution in [0, 0.1) is 0 Å². The Morgan fingerprint density at radius 1 is 1.37 bits per heavy atom. The quantitative estimate of drug-likeness (QED) is 0.856. The van der Waals surface area contributed by atoms with Crippen LogP contribution in [0.15, 0.2) is 30.6 Å². The number of nitrogens with zero attached hydrogens (tertiary/aromatic N) is 2. The van der Waals surface area contributed by atoms with Crippen LogP contribution in [0.4, 0.5) is 0 Å². The van der Waals surface area contributed by atoms with Crippen LogP contribution in [0.5, 0.6) is 11.5 Å². The highest BCUT2D eigenvalue weighted by Gasteiger charge is 2.09. The maximum atomic E-state index is 5.82. The Bertz CT molecular complexity index is 515. The summed E-state index contributed by atoms with van der Waals surface area (Å²) in [4.78, 5) is 0. The number of rotatable bonds is 6. The minimum atomic E-state index is 0.430. The predicted molar refractivity (Wildman–Crippen MR) is 73.3 cm³/mol. The number of nitrogens with two attached hydrogens (primary N) is 1. The van der Waals surface area contributed by atoms with E-state index < -0.39 is 0 Å². The van der Waals surface area contributed by atoms with E-state index in [0.717, 1.165) is 23.3 Å². The lowest BCUT2D eigenvalue weighted by molar-refractivity contribution is 0.294. The van der Waals surface area contributed by atoms with E-state index in [0.29, 0.717) is 18.9 Å². The molecule has 1 heterocycles. The minimum Gasteiger partial charge on any atom is -0.493 e. The fourth-order valence-corrected chi connectivity index (χ4v) is 1.92. The number of ether oxygens (including phenoxy) is 2. The highest BCUT2D eigenvalue weighted by Crippen LogP contribution is 2.30. The Hall–Kier alpha value is -2.01. The van der Waals surface area contributed by atoms with Crippen molar-refractivity contribution in [1.29, 1.82) is 0 Å². The average Bonchev–Trinajstić information content (AvgIpc) is 2.84. The Morgan fingerprint density at radius 2 is 2.21 bits per heavy atom. The molecule has 2 aromatic rings. The Balaban J connectivity index is 2.02. The number of hydrogen-bond acceptors (Lipinski definition) is 4. The number of aryl methyl sites for hydroxylation is 1. The number of para-hydroxylation sites is 1. The van der Waals surface area contributed by atoms with Crippen LogP contribution in [0.1, 0.15) is 11.1 Å². The van der Waals surface area contributed by atoms with Crippen LogP contribution < -0.4 is 15.2 Å². The third kappa shape index (κ3) is 3.26. The normalized spacial score (nSPS) is 10.5. The van der Waals surface area contributed by atoms with Crippen molar-refractivity contribution < 1.29 is 9.47 Å². The zero-order valence-electron chi connectivity index (χ0n) is 11.3. The second-order valence-corrected chi connectivity index (χ2v) is 4.27. The summed E-state index contributed by atoms with van der Waals surface area (Å²) >= 11 is 0. The molecule has 0 radical (unpaired) electrons. The van der Waals surface area contributed by atoms with Gasteiger partial charge < -0.3 is 15.2 Å². The molecule has 0 aliphatic rings. The van der Waals surface area contributed by atoms with Crippen molar-refractivity contribution in [3.8, 4) is 11.5 Å². The SMILES string of the molecule is COc1cccc(CN)c1OCCc1cnn(C)c1. The first-order valence-electron chi connectivity index (χ1n) is 6.21. The maximum absolute atomic E-state index is 5.82. The highest BCUT2D eigenvalue weighted by atomic mass is 16.5. The Labute approximate surface area is 112 Å². The summed E-state index contributed by atoms with van der Waals surface area (Å²) in [7, 11) is 3.53. The lowest BCUT2D eigenvalue weighted by Crippen LogP contribution is -2.07. The maximum Gasteiger partial charge on any atom is 0.165 e. The lowest BCUT2D eigenvalue weighted by atomic mass is 10.2. The third-order valence-corrected chi connectivity index (χ3v) is 2.90. The molecular formula is C14H19N3O2. The van der Waals surface area contributed by atoms with Gasteiger partial charge in [0.15, 0.2) is 11.5 Å². The van der Waals surface area contributed by atoms with Gasteiger partial charge in [0.2, 0.25) is 0 Å². The second kappa shape index (κ2) is 6.24. The zero-order chi connectivity index (χ0) is 13.7. The van der Waals surface area contributed by atoms with E-state index in [1.807, 2.05) is 37.6 Å². The molecule has 5 nitrogen and oxygen atoms in total. The molecule has 0 aliphatic carbocycles. The van der Waals surface area contributed by atoms with Gasteiger partial charge in [0, 0.05) is 31.8 Å². The molecule has 0 bridgehead atoms. The van der Waals surface area contributed by atoms with Gasteiger partial charge in [0.05, 0.1) is 19.9 Å². The molecule has 2 rings (SSSR count). The number of aromatic nitrogens is 2. The van der Waals surface area contributed by atoms with Gasteiger partial charge in [0.25, 0.3) is 0 Å². The van der Waals surface area contributed by atoms with Crippen LogP contribution >= 0.6 is 0 Å². The summed E-state index contributed by atoms with van der Waals surface area (Å²) in [5.74, 6) is 1.45. The van der Waals surface area contributed by atoms with Crippen LogP contribution in [0.25, 0.3) is 0 Å². The van der Waals surface area contributed by atoms with Gasteiger partial charge in [-0.2, -0.15) is 5.10 Å². The van der Waals surface area contributed by atoms with Crippen molar-refractivity contribution in [3.63, 3.8) is 0 Å². The first kappa shape index (κ1) is 13.4. The Morgan fingerprint density at radius 3 is 2.84 bits per heavy atom. The van der Waals surface area contributed by atoms with Gasteiger partial charge in [-0.05, 0) is 11.6 Å². The first-order chi connectivity index (χ1) is 9.24. The van der Waals surface area contributed by atoms with E-state index in [4.69, 9.17) is 15.2 Å². The van der Waals surface area contributed by atoms with Crippen molar-refractivity contribution in [2.24, 2.45) is 12.8 Å². The topological polar surface area (TPSA) is 62.3 Å². The van der Waals surface area contributed by atoms with E-state index >= 15 is 0 Å². The monoisotopic (exact) mass is 261 g/mol. The lowest BCUT2D eigenvalue weighted by Gasteiger charge is -2.13. The van der Waals surface area contributed by atoms with E-state index in [1.54, 1.807) is 11.8 Å². The summed E-state index contributed by atoms with van der Waals surface area (Å²) in [5.41, 5.74) is 7.81. The molecule has 0 spiro atoms. The largest absolute Gasteiger partial charge is 0.493 e. The van der Waals surface area contributed by atoms with E-state index in [-0.39, 0.29) is 0 Å². The fourth-order valence-electron chi connectivity index (χ4n) is 1.92. The second-order valence-electron chi connectivity index (χ2n) is 4.27. The molecule has 0 aliphatic heterocycles. The van der Waals surface area contributed by atoms with Crippen LogP contribution in [0.2, 0.25) is 0 Å². The van der Waals surface area contributed by atoms with Crippen molar-refractivity contribution in [1.82, 2.24) is 9.78 Å². The van der Waals surface area contributed by atoms with Crippen molar-refractivity contribution >= 4 is 0 Å². The smallest absolute Gasteiger partial charge is 0.165 e. The molecule has 2 N–H and O–H groups in total. The molecule has 0 atom stereocenters. The van der Waals surface area contributed by atoms with Gasteiger partial charge in [0.1, 0.15) is 0 Å². The summed E-state index contributed by atoms with van der Waals surface area (Å²) in [6.07, 6.45) is 4.63. The van der Waals surface area contributed by atoms with Crippen LogP contribution in [-0.2, 0) is 20.0 Å². The molecule has 0 saturated carbocycles. The number of benzene rings is 1. The summed E-state index contributed by atoms with van der Waals surface area (Å²) in [6, 6.07) is 5.73. The molecule has 0 fully saturated rings. The summed E-state index contributed by atoms with van der Waals surface area (Å²) in [6.45, 7) is 0.999. The minimum absolute atomic E-state index is 0.430. The molecule has 0 unspecified atom stereocenters. The molecular weight excluding hydrogens is 242 g/mol. The van der Waals surface area contributed by atoms with E-state index in [1.165, 1.54) is 0 Å². The highest BCUT2D eigenvalue weighted by molar-refractivity contribution is 5.46. The van der Waals surface area contributed by atoms with Gasteiger partial charge in [-0.1, -0.05) is 12.1 Å². The van der Waals surface area contributed by atoms with Gasteiger partial charge in [-0.15, -0.1) is 0 Å². The zero-order valence-corrected chi connectivity index (χ0v) is 11.3. The molecule has 0 saturated heterocycles. The molecule has 19 heavy (non-hydrogen) atoms. The fraction of sp³-hybridized carbons (Fsp3) is 0.357. The van der Waals surface area contributed by atoms with Gasteiger partial charge in [-0.3, -0.25) is 4.68 Å². The number of hydrogen-bond donors (Lipinski definition) is 1. The van der Waals surface area contributed by atoms with Crippen LogP contribution in [-0.4, -0.2) is 23.5 Å². The molecule has 5 heteroatoms. The molecule has 0 amide bonds. The van der Waals surface area contributed by atoms with Crippen LogP contribution in [0.3, 0.4) is 0 Å².